The Morgan fingerprint density at radius 2 is 2.30 bits per heavy atom. The zero-order chi connectivity index (χ0) is 15.1. The maximum atomic E-state index is 11.2. The van der Waals surface area contributed by atoms with E-state index in [1.165, 1.54) is 7.11 Å². The van der Waals surface area contributed by atoms with Gasteiger partial charge in [0, 0.05) is 35.4 Å². The number of oxime groups is 1. The van der Waals surface area contributed by atoms with E-state index in [-0.39, 0.29) is 11.1 Å². The van der Waals surface area contributed by atoms with Gasteiger partial charge in [0.25, 0.3) is 0 Å². The minimum atomic E-state index is -0.841. The van der Waals surface area contributed by atoms with E-state index in [1.807, 2.05) is 13.0 Å². The van der Waals surface area contributed by atoms with Gasteiger partial charge in [0.2, 0.25) is 0 Å². The molecule has 2 unspecified atom stereocenters. The molecule has 0 saturated carbocycles. The Hall–Kier alpha value is -1.60. The largest absolute Gasteiger partial charge is 0.496 e. The predicted octanol–water partition coefficient (Wildman–Crippen LogP) is 0.646. The number of hydrogen-bond acceptors (Lipinski definition) is 5. The molecule has 0 aliphatic heterocycles. The number of nitrogens with one attached hydrogen (secondary N) is 1. The lowest BCUT2D eigenvalue weighted by molar-refractivity contribution is 0.318. The summed E-state index contributed by atoms with van der Waals surface area (Å²) in [7, 11) is 0.686. The number of nitrogens with zero attached hydrogens (tertiary/aromatic N) is 1. The van der Waals surface area contributed by atoms with E-state index < -0.39 is 10.8 Å². The maximum Gasteiger partial charge on any atom is 0.173 e. The summed E-state index contributed by atoms with van der Waals surface area (Å²) in [5.74, 6) is 0.554. The molecular weight excluding hydrogens is 278 g/mol. The Morgan fingerprint density at radius 1 is 1.60 bits per heavy atom. The first-order valence-electron chi connectivity index (χ1n) is 6.17. The molecule has 0 aliphatic rings. The van der Waals surface area contributed by atoms with Crippen LogP contribution in [0.4, 0.5) is 0 Å². The molecule has 0 aromatic heterocycles. The molecule has 1 aromatic rings. The van der Waals surface area contributed by atoms with Crippen LogP contribution < -0.4 is 15.8 Å². The summed E-state index contributed by atoms with van der Waals surface area (Å²) < 4.78 is 16.4. The standard InChI is InChI=1S/C13H21N3O3S/c1-9(20(3)18)7-15-8-10-4-5-12(19-2)11(6-10)13(14)16-17/h4-6,9,15,17H,7-8H2,1-3H3,(H2,14,16). The first-order valence-corrected chi connectivity index (χ1v) is 7.79. The molecule has 0 saturated heterocycles. The normalized spacial score (nSPS) is 14.8. The van der Waals surface area contributed by atoms with Crippen LogP contribution in [0.25, 0.3) is 0 Å². The summed E-state index contributed by atoms with van der Waals surface area (Å²) in [4.78, 5) is 0. The third kappa shape index (κ3) is 4.50. The number of methoxy groups -OCH3 is 1. The van der Waals surface area contributed by atoms with Gasteiger partial charge in [0.05, 0.1) is 12.7 Å². The lowest BCUT2D eigenvalue weighted by atomic mass is 10.1. The zero-order valence-corrected chi connectivity index (χ0v) is 12.7. The topological polar surface area (TPSA) is 96.9 Å². The van der Waals surface area contributed by atoms with Crippen molar-refractivity contribution < 1.29 is 14.2 Å². The number of nitrogens with two attached hydrogens (primary N) is 1. The molecule has 2 atom stereocenters. The van der Waals surface area contributed by atoms with Gasteiger partial charge >= 0.3 is 0 Å². The summed E-state index contributed by atoms with van der Waals surface area (Å²) in [6.45, 7) is 3.20. The predicted molar refractivity (Wildman–Crippen MR) is 80.7 cm³/mol. The van der Waals surface area contributed by atoms with Crippen molar-refractivity contribution in [2.45, 2.75) is 18.7 Å². The van der Waals surface area contributed by atoms with E-state index in [1.54, 1.807) is 18.4 Å². The van der Waals surface area contributed by atoms with Gasteiger partial charge in [-0.15, -0.1) is 0 Å². The van der Waals surface area contributed by atoms with Crippen molar-refractivity contribution in [1.29, 1.82) is 0 Å². The van der Waals surface area contributed by atoms with Crippen LogP contribution in [-0.4, -0.2) is 40.4 Å². The van der Waals surface area contributed by atoms with Gasteiger partial charge in [0.1, 0.15) is 5.75 Å². The molecular formula is C13H21N3O3S. The molecule has 0 aliphatic carbocycles. The Balaban J connectivity index is 2.75. The Labute approximate surface area is 121 Å². The fraction of sp³-hybridized carbons (Fsp3) is 0.462. The van der Waals surface area contributed by atoms with Gasteiger partial charge in [0.15, 0.2) is 5.84 Å². The first-order chi connectivity index (χ1) is 9.49. The maximum absolute atomic E-state index is 11.2. The molecule has 4 N–H and O–H groups in total. The van der Waals surface area contributed by atoms with Crippen molar-refractivity contribution in [3.8, 4) is 5.75 Å². The van der Waals surface area contributed by atoms with Crippen LogP contribution in [0.2, 0.25) is 0 Å². The second-order valence-electron chi connectivity index (χ2n) is 4.46. The van der Waals surface area contributed by atoms with Gasteiger partial charge in [-0.2, -0.15) is 0 Å². The van der Waals surface area contributed by atoms with E-state index in [0.717, 1.165) is 5.56 Å². The van der Waals surface area contributed by atoms with Crippen molar-refractivity contribution in [3.05, 3.63) is 29.3 Å². The van der Waals surface area contributed by atoms with Crippen LogP contribution in [0.15, 0.2) is 23.4 Å². The van der Waals surface area contributed by atoms with Crippen LogP contribution in [0.3, 0.4) is 0 Å². The fourth-order valence-corrected chi connectivity index (χ4v) is 2.01. The summed E-state index contributed by atoms with van der Waals surface area (Å²) in [5.41, 5.74) is 7.13. The molecule has 0 fully saturated rings. The number of amidine groups is 1. The van der Waals surface area contributed by atoms with Crippen molar-refractivity contribution in [1.82, 2.24) is 5.32 Å². The average molecular weight is 299 g/mol. The van der Waals surface area contributed by atoms with Gasteiger partial charge in [-0.3, -0.25) is 4.21 Å². The Bertz CT molecular complexity index is 506. The van der Waals surface area contributed by atoms with E-state index in [9.17, 15) is 4.21 Å². The minimum Gasteiger partial charge on any atom is -0.496 e. The molecule has 0 amide bonds. The SMILES string of the molecule is COc1ccc(CNCC(C)S(C)=O)cc1/C(N)=N/O. The second kappa shape index (κ2) is 7.86. The van der Waals surface area contributed by atoms with E-state index in [0.29, 0.717) is 24.4 Å². The average Bonchev–Trinajstić information content (AvgIpc) is 2.45. The van der Waals surface area contributed by atoms with E-state index in [4.69, 9.17) is 15.7 Å². The molecule has 0 bridgehead atoms. The molecule has 0 heterocycles. The third-order valence-electron chi connectivity index (χ3n) is 2.98. The van der Waals surface area contributed by atoms with E-state index in [2.05, 4.69) is 10.5 Å². The molecule has 0 spiro atoms. The van der Waals surface area contributed by atoms with Crippen molar-refractivity contribution in [2.24, 2.45) is 10.9 Å². The summed E-state index contributed by atoms with van der Waals surface area (Å²) in [5, 5.41) is 15.1. The summed E-state index contributed by atoms with van der Waals surface area (Å²) in [6, 6.07) is 5.47. The molecule has 20 heavy (non-hydrogen) atoms. The van der Waals surface area contributed by atoms with Crippen LogP contribution in [0.1, 0.15) is 18.1 Å². The van der Waals surface area contributed by atoms with Gasteiger partial charge in [-0.05, 0) is 24.6 Å². The first kappa shape index (κ1) is 16.5. The molecule has 1 rings (SSSR count). The van der Waals surface area contributed by atoms with Crippen molar-refractivity contribution in [3.63, 3.8) is 0 Å². The number of rotatable bonds is 7. The van der Waals surface area contributed by atoms with Gasteiger partial charge < -0.3 is 21.0 Å². The summed E-state index contributed by atoms with van der Waals surface area (Å²) in [6.07, 6.45) is 1.69. The molecule has 1 aromatic carbocycles. The van der Waals surface area contributed by atoms with Gasteiger partial charge in [-0.1, -0.05) is 11.2 Å². The zero-order valence-electron chi connectivity index (χ0n) is 11.9. The quantitative estimate of drug-likeness (QED) is 0.297. The highest BCUT2D eigenvalue weighted by molar-refractivity contribution is 7.84. The molecule has 6 nitrogen and oxygen atoms in total. The highest BCUT2D eigenvalue weighted by Gasteiger charge is 2.10. The van der Waals surface area contributed by atoms with Crippen LogP contribution in [-0.2, 0) is 17.3 Å². The van der Waals surface area contributed by atoms with Crippen LogP contribution >= 0.6 is 0 Å². The van der Waals surface area contributed by atoms with Crippen LogP contribution in [0.5, 0.6) is 5.75 Å². The smallest absolute Gasteiger partial charge is 0.173 e. The number of benzene rings is 1. The number of hydrogen-bond donors (Lipinski definition) is 3. The Morgan fingerprint density at radius 3 is 2.85 bits per heavy atom. The Kier molecular flexibility index (Phi) is 6.47. The highest BCUT2D eigenvalue weighted by Crippen LogP contribution is 2.19. The summed E-state index contributed by atoms with van der Waals surface area (Å²) >= 11 is 0. The van der Waals surface area contributed by atoms with E-state index >= 15 is 0 Å². The molecule has 7 heteroatoms. The van der Waals surface area contributed by atoms with Crippen molar-refractivity contribution in [2.75, 3.05) is 19.9 Å². The van der Waals surface area contributed by atoms with Crippen LogP contribution in [0, 0.1) is 0 Å². The second-order valence-corrected chi connectivity index (χ2v) is 6.26. The fourth-order valence-electron chi connectivity index (χ4n) is 1.66. The minimum absolute atomic E-state index is 0.00623. The molecule has 0 radical (unpaired) electrons. The monoisotopic (exact) mass is 299 g/mol. The molecule has 112 valence electrons. The van der Waals surface area contributed by atoms with Crippen molar-refractivity contribution >= 4 is 16.6 Å². The lowest BCUT2D eigenvalue weighted by Crippen LogP contribution is -2.27. The lowest BCUT2D eigenvalue weighted by Gasteiger charge is -2.12. The third-order valence-corrected chi connectivity index (χ3v) is 4.28. The highest BCUT2D eigenvalue weighted by atomic mass is 32.2. The van der Waals surface area contributed by atoms with Gasteiger partial charge in [-0.25, -0.2) is 0 Å². The number of ether oxygens (including phenoxy) is 1.